The SMILES string of the molecule is CC(C)(CCl)[SiH](c1ccccc1)c1ccccc1. The Morgan fingerprint density at radius 3 is 1.56 bits per heavy atom. The van der Waals surface area contributed by atoms with Crippen molar-refractivity contribution in [2.45, 2.75) is 18.9 Å². The second-order valence-corrected chi connectivity index (χ2v) is 9.41. The van der Waals surface area contributed by atoms with Crippen LogP contribution in [0.3, 0.4) is 0 Å². The van der Waals surface area contributed by atoms with Crippen LogP contribution < -0.4 is 10.4 Å². The van der Waals surface area contributed by atoms with Gasteiger partial charge in [-0.05, 0) is 5.04 Å². The topological polar surface area (TPSA) is 0 Å². The zero-order valence-electron chi connectivity index (χ0n) is 10.9. The van der Waals surface area contributed by atoms with Crippen molar-refractivity contribution in [3.63, 3.8) is 0 Å². The molecule has 0 saturated heterocycles. The van der Waals surface area contributed by atoms with E-state index in [9.17, 15) is 0 Å². The molecule has 0 bridgehead atoms. The molecule has 0 aromatic heterocycles. The summed E-state index contributed by atoms with van der Waals surface area (Å²) in [6.45, 7) is 4.58. The molecule has 0 spiro atoms. The van der Waals surface area contributed by atoms with E-state index >= 15 is 0 Å². The smallest absolute Gasteiger partial charge is 0.109 e. The van der Waals surface area contributed by atoms with Gasteiger partial charge in [-0.15, -0.1) is 11.6 Å². The highest BCUT2D eigenvalue weighted by Crippen LogP contribution is 2.29. The van der Waals surface area contributed by atoms with E-state index in [0.717, 1.165) is 0 Å². The lowest BCUT2D eigenvalue weighted by Crippen LogP contribution is -2.50. The normalized spacial score (nSPS) is 11.8. The molecule has 0 aliphatic heterocycles. The first-order valence-corrected chi connectivity index (χ1v) is 8.57. The summed E-state index contributed by atoms with van der Waals surface area (Å²) in [5, 5.41) is 3.10. The lowest BCUT2D eigenvalue weighted by Gasteiger charge is -2.32. The molecule has 2 heteroatoms. The second kappa shape index (κ2) is 5.72. The van der Waals surface area contributed by atoms with Crippen LogP contribution >= 0.6 is 11.6 Å². The number of halogens is 1. The van der Waals surface area contributed by atoms with Crippen LogP contribution in [0.5, 0.6) is 0 Å². The molecule has 0 heterocycles. The summed E-state index contributed by atoms with van der Waals surface area (Å²) in [5.74, 6) is 0.702. The van der Waals surface area contributed by atoms with E-state index in [1.54, 1.807) is 0 Å². The fourth-order valence-corrected chi connectivity index (χ4v) is 6.48. The lowest BCUT2D eigenvalue weighted by molar-refractivity contribution is 0.758. The number of rotatable bonds is 4. The fourth-order valence-electron chi connectivity index (χ4n) is 2.46. The molecule has 0 nitrogen and oxygen atoms in total. The highest BCUT2D eigenvalue weighted by atomic mass is 35.5. The maximum Gasteiger partial charge on any atom is 0.109 e. The first kappa shape index (κ1) is 13.4. The molecule has 0 aliphatic rings. The van der Waals surface area contributed by atoms with E-state index in [-0.39, 0.29) is 5.04 Å². The van der Waals surface area contributed by atoms with Crippen molar-refractivity contribution in [1.82, 2.24) is 0 Å². The Morgan fingerprint density at radius 1 is 0.833 bits per heavy atom. The quantitative estimate of drug-likeness (QED) is 0.594. The minimum Gasteiger partial charge on any atom is -0.126 e. The molecule has 0 amide bonds. The molecule has 18 heavy (non-hydrogen) atoms. The largest absolute Gasteiger partial charge is 0.126 e. The van der Waals surface area contributed by atoms with Crippen LogP contribution in [0.1, 0.15) is 13.8 Å². The van der Waals surface area contributed by atoms with Gasteiger partial charge in [0.15, 0.2) is 0 Å². The molecular weight excluding hydrogens is 256 g/mol. The monoisotopic (exact) mass is 274 g/mol. The highest BCUT2D eigenvalue weighted by Gasteiger charge is 2.32. The van der Waals surface area contributed by atoms with Crippen molar-refractivity contribution >= 4 is 30.8 Å². The molecule has 0 aliphatic carbocycles. The Balaban J connectivity index is 2.49. The predicted molar refractivity (Wildman–Crippen MR) is 84.1 cm³/mol. The molecule has 0 atom stereocenters. The van der Waals surface area contributed by atoms with Crippen LogP contribution in [-0.2, 0) is 0 Å². The summed E-state index contributed by atoms with van der Waals surface area (Å²) in [6, 6.07) is 21.7. The maximum absolute atomic E-state index is 6.22. The van der Waals surface area contributed by atoms with Crippen molar-refractivity contribution in [2.24, 2.45) is 0 Å². The zero-order chi connectivity index (χ0) is 13.0. The third kappa shape index (κ3) is 2.85. The summed E-state index contributed by atoms with van der Waals surface area (Å²) in [6.07, 6.45) is 0. The summed E-state index contributed by atoms with van der Waals surface area (Å²) >= 11 is 6.22. The van der Waals surface area contributed by atoms with Gasteiger partial charge in [0, 0.05) is 5.88 Å². The van der Waals surface area contributed by atoms with E-state index < -0.39 is 8.80 Å². The first-order chi connectivity index (χ1) is 8.65. The Morgan fingerprint density at radius 2 is 1.22 bits per heavy atom. The average molecular weight is 275 g/mol. The van der Waals surface area contributed by atoms with E-state index in [1.165, 1.54) is 10.4 Å². The minimum atomic E-state index is -1.29. The fraction of sp³-hybridized carbons (Fsp3) is 0.250. The Labute approximate surface area is 116 Å². The van der Waals surface area contributed by atoms with Gasteiger partial charge in [0.05, 0.1) is 0 Å². The molecule has 0 N–H and O–H groups in total. The predicted octanol–water partition coefficient (Wildman–Crippen LogP) is 3.05. The number of hydrogen-bond acceptors (Lipinski definition) is 0. The molecular formula is C16H19ClSi. The van der Waals surface area contributed by atoms with Gasteiger partial charge in [0.2, 0.25) is 0 Å². The van der Waals surface area contributed by atoms with Crippen LogP contribution in [0.2, 0.25) is 5.04 Å². The third-order valence-corrected chi connectivity index (χ3v) is 8.21. The van der Waals surface area contributed by atoms with E-state index in [4.69, 9.17) is 11.6 Å². The van der Waals surface area contributed by atoms with Crippen molar-refractivity contribution in [3.05, 3.63) is 60.7 Å². The maximum atomic E-state index is 6.22. The second-order valence-electron chi connectivity index (χ2n) is 5.38. The lowest BCUT2D eigenvalue weighted by atomic mass is 10.2. The van der Waals surface area contributed by atoms with Crippen LogP contribution in [0, 0.1) is 0 Å². The van der Waals surface area contributed by atoms with Crippen LogP contribution in [0.4, 0.5) is 0 Å². The third-order valence-electron chi connectivity index (χ3n) is 3.39. The number of hydrogen-bond donors (Lipinski definition) is 0. The Bertz CT molecular complexity index is 439. The standard InChI is InChI=1S/C16H19ClSi/c1-16(2,13-17)18(14-9-5-3-6-10-14)15-11-7-4-8-12-15/h3-12,18H,13H2,1-2H3. The van der Waals surface area contributed by atoms with E-state index in [2.05, 4.69) is 74.5 Å². The molecule has 0 fully saturated rings. The van der Waals surface area contributed by atoms with Gasteiger partial charge in [-0.25, -0.2) is 0 Å². The Hall–Kier alpha value is -1.05. The van der Waals surface area contributed by atoms with Crippen LogP contribution in [0.15, 0.2) is 60.7 Å². The van der Waals surface area contributed by atoms with E-state index in [0.29, 0.717) is 5.88 Å². The molecule has 0 saturated carbocycles. The summed E-state index contributed by atoms with van der Waals surface area (Å²) in [4.78, 5) is 0. The van der Waals surface area contributed by atoms with Gasteiger partial charge in [0.1, 0.15) is 8.80 Å². The van der Waals surface area contributed by atoms with Crippen molar-refractivity contribution in [3.8, 4) is 0 Å². The molecule has 2 aromatic carbocycles. The summed E-state index contributed by atoms with van der Waals surface area (Å²) in [5.41, 5.74) is 0. The highest BCUT2D eigenvalue weighted by molar-refractivity contribution is 6.87. The van der Waals surface area contributed by atoms with Gasteiger partial charge in [-0.2, -0.15) is 0 Å². The number of alkyl halides is 1. The average Bonchev–Trinajstić information content (AvgIpc) is 2.41. The molecule has 2 rings (SSSR count). The summed E-state index contributed by atoms with van der Waals surface area (Å²) < 4.78 is 0. The number of benzene rings is 2. The Kier molecular flexibility index (Phi) is 4.26. The molecule has 2 aromatic rings. The van der Waals surface area contributed by atoms with Gasteiger partial charge < -0.3 is 0 Å². The summed E-state index contributed by atoms with van der Waals surface area (Å²) in [7, 11) is -1.29. The van der Waals surface area contributed by atoms with Gasteiger partial charge in [0.25, 0.3) is 0 Å². The minimum absolute atomic E-state index is 0.171. The van der Waals surface area contributed by atoms with Crippen LogP contribution in [0.25, 0.3) is 0 Å². The molecule has 0 unspecified atom stereocenters. The van der Waals surface area contributed by atoms with Gasteiger partial charge >= 0.3 is 0 Å². The van der Waals surface area contributed by atoms with Crippen molar-refractivity contribution in [2.75, 3.05) is 5.88 Å². The molecule has 94 valence electrons. The van der Waals surface area contributed by atoms with Gasteiger partial charge in [-0.1, -0.05) is 84.9 Å². The van der Waals surface area contributed by atoms with E-state index in [1.807, 2.05) is 0 Å². The van der Waals surface area contributed by atoms with Crippen molar-refractivity contribution in [1.29, 1.82) is 0 Å². The molecule has 0 radical (unpaired) electrons. The zero-order valence-corrected chi connectivity index (χ0v) is 12.8. The van der Waals surface area contributed by atoms with Crippen LogP contribution in [-0.4, -0.2) is 14.7 Å². The van der Waals surface area contributed by atoms with Crippen molar-refractivity contribution < 1.29 is 0 Å². The van der Waals surface area contributed by atoms with Gasteiger partial charge in [-0.3, -0.25) is 0 Å². The first-order valence-electron chi connectivity index (χ1n) is 6.31.